The molecule has 1 aromatic rings. The quantitative estimate of drug-likeness (QED) is 0.827. The van der Waals surface area contributed by atoms with Gasteiger partial charge in [-0.25, -0.2) is 4.79 Å². The molecule has 0 saturated carbocycles. The number of nitrogens with zero attached hydrogens (tertiary/aromatic N) is 1. The molecule has 1 heterocycles. The van der Waals surface area contributed by atoms with Crippen molar-refractivity contribution in [3.8, 4) is 0 Å². The summed E-state index contributed by atoms with van der Waals surface area (Å²) in [5.41, 5.74) is -0.239. The summed E-state index contributed by atoms with van der Waals surface area (Å²) in [7, 11) is 1.63. The molecule has 0 bridgehead atoms. The van der Waals surface area contributed by atoms with Crippen molar-refractivity contribution in [2.45, 2.75) is 52.9 Å². The highest BCUT2D eigenvalue weighted by atomic mass is 16.5. The van der Waals surface area contributed by atoms with Gasteiger partial charge in [0.15, 0.2) is 0 Å². The number of methoxy groups -OCH3 is 1. The first-order valence-electron chi connectivity index (χ1n) is 7.24. The first kappa shape index (κ1) is 17.7. The van der Waals surface area contributed by atoms with Crippen LogP contribution in [0.1, 0.15) is 39.3 Å². The molecule has 0 fully saturated rings. The highest BCUT2D eigenvalue weighted by Gasteiger charge is 2.26. The minimum Gasteiger partial charge on any atom is -0.382 e. The van der Waals surface area contributed by atoms with Crippen LogP contribution in [0.3, 0.4) is 0 Å². The molecule has 3 atom stereocenters. The Morgan fingerprint density at radius 3 is 2.38 bits per heavy atom. The van der Waals surface area contributed by atoms with Gasteiger partial charge in [-0.2, -0.15) is 0 Å². The number of rotatable bonds is 7. The highest BCUT2D eigenvalue weighted by Crippen LogP contribution is 2.23. The van der Waals surface area contributed by atoms with Gasteiger partial charge in [0, 0.05) is 18.9 Å². The summed E-state index contributed by atoms with van der Waals surface area (Å²) in [5, 5.41) is 0. The van der Waals surface area contributed by atoms with Gasteiger partial charge >= 0.3 is 5.69 Å². The van der Waals surface area contributed by atoms with Crippen molar-refractivity contribution in [2.24, 2.45) is 5.92 Å². The minimum atomic E-state index is -0.404. The summed E-state index contributed by atoms with van der Waals surface area (Å²) in [6.07, 6.45) is 1.36. The van der Waals surface area contributed by atoms with Crippen LogP contribution in [0.25, 0.3) is 0 Å². The Morgan fingerprint density at radius 2 is 1.86 bits per heavy atom. The lowest BCUT2D eigenvalue weighted by Gasteiger charge is -2.31. The fourth-order valence-electron chi connectivity index (χ4n) is 2.62. The van der Waals surface area contributed by atoms with Crippen LogP contribution in [-0.2, 0) is 9.47 Å². The van der Waals surface area contributed by atoms with E-state index in [0.29, 0.717) is 12.2 Å². The predicted molar refractivity (Wildman–Crippen MR) is 81.8 cm³/mol. The molecule has 21 heavy (non-hydrogen) atoms. The van der Waals surface area contributed by atoms with E-state index in [1.54, 1.807) is 24.8 Å². The second-order valence-corrected chi connectivity index (χ2v) is 5.82. The Hall–Kier alpha value is -1.40. The fourth-order valence-corrected chi connectivity index (χ4v) is 2.62. The summed E-state index contributed by atoms with van der Waals surface area (Å²) >= 11 is 0. The summed E-state index contributed by atoms with van der Waals surface area (Å²) < 4.78 is 12.5. The minimum absolute atomic E-state index is 0.0641. The first-order valence-corrected chi connectivity index (χ1v) is 7.24. The number of aromatic nitrogens is 2. The lowest BCUT2D eigenvalue weighted by molar-refractivity contribution is -0.0594. The Kier molecular flexibility index (Phi) is 6.36. The zero-order chi connectivity index (χ0) is 16.2. The van der Waals surface area contributed by atoms with E-state index < -0.39 is 5.69 Å². The van der Waals surface area contributed by atoms with Crippen LogP contribution in [0.15, 0.2) is 15.8 Å². The van der Waals surface area contributed by atoms with Crippen molar-refractivity contribution in [2.75, 3.05) is 13.7 Å². The van der Waals surface area contributed by atoms with Gasteiger partial charge in [0.2, 0.25) is 0 Å². The first-order chi connectivity index (χ1) is 9.77. The second-order valence-electron chi connectivity index (χ2n) is 5.82. The molecule has 1 N–H and O–H groups in total. The van der Waals surface area contributed by atoms with E-state index in [1.165, 1.54) is 0 Å². The highest BCUT2D eigenvalue weighted by molar-refractivity contribution is 5.02. The molecule has 1 aromatic heterocycles. The number of ether oxygens (including phenoxy) is 2. The molecule has 0 saturated heterocycles. The van der Waals surface area contributed by atoms with Gasteiger partial charge < -0.3 is 9.47 Å². The monoisotopic (exact) mass is 298 g/mol. The van der Waals surface area contributed by atoms with Crippen LogP contribution in [0.2, 0.25) is 0 Å². The SMILES string of the molecule is COCC(C)OC(C)C(C(C)C)n1cc(C)c(=O)[nH]c1=O. The van der Waals surface area contributed by atoms with Gasteiger partial charge in [-0.05, 0) is 26.7 Å². The maximum atomic E-state index is 12.1. The van der Waals surface area contributed by atoms with Crippen molar-refractivity contribution in [1.29, 1.82) is 0 Å². The summed E-state index contributed by atoms with van der Waals surface area (Å²) in [6, 6.07) is -0.160. The molecule has 120 valence electrons. The normalized spacial score (nSPS) is 16.0. The van der Waals surface area contributed by atoms with Crippen LogP contribution in [-0.4, -0.2) is 35.5 Å². The third-order valence-corrected chi connectivity index (χ3v) is 3.48. The molecule has 0 aliphatic rings. The zero-order valence-corrected chi connectivity index (χ0v) is 13.7. The van der Waals surface area contributed by atoms with Crippen LogP contribution in [0.5, 0.6) is 0 Å². The maximum Gasteiger partial charge on any atom is 0.328 e. The van der Waals surface area contributed by atoms with Crippen molar-refractivity contribution in [3.05, 3.63) is 32.6 Å². The number of nitrogens with one attached hydrogen (secondary N) is 1. The topological polar surface area (TPSA) is 73.3 Å². The average Bonchev–Trinajstić information content (AvgIpc) is 2.35. The smallest absolute Gasteiger partial charge is 0.328 e. The fraction of sp³-hybridized carbons (Fsp3) is 0.733. The van der Waals surface area contributed by atoms with Crippen molar-refractivity contribution >= 4 is 0 Å². The van der Waals surface area contributed by atoms with Crippen LogP contribution < -0.4 is 11.2 Å². The summed E-state index contributed by atoms with van der Waals surface area (Å²) in [6.45, 7) is 10.1. The van der Waals surface area contributed by atoms with E-state index in [0.717, 1.165) is 0 Å². The third kappa shape index (κ3) is 4.54. The zero-order valence-electron chi connectivity index (χ0n) is 13.7. The van der Waals surface area contributed by atoms with Gasteiger partial charge in [0.1, 0.15) is 0 Å². The third-order valence-electron chi connectivity index (χ3n) is 3.48. The van der Waals surface area contributed by atoms with E-state index in [-0.39, 0.29) is 29.7 Å². The van der Waals surface area contributed by atoms with E-state index in [2.05, 4.69) is 4.98 Å². The van der Waals surface area contributed by atoms with E-state index >= 15 is 0 Å². The van der Waals surface area contributed by atoms with E-state index in [4.69, 9.17) is 9.47 Å². The van der Waals surface area contributed by atoms with Crippen molar-refractivity contribution in [1.82, 2.24) is 9.55 Å². The van der Waals surface area contributed by atoms with Gasteiger partial charge in [-0.1, -0.05) is 13.8 Å². The Morgan fingerprint density at radius 1 is 1.24 bits per heavy atom. The van der Waals surface area contributed by atoms with Crippen LogP contribution in [0.4, 0.5) is 0 Å². The molecule has 0 amide bonds. The Balaban J connectivity index is 3.10. The molecule has 0 radical (unpaired) electrons. The largest absolute Gasteiger partial charge is 0.382 e. The molecular formula is C15H26N2O4. The maximum absolute atomic E-state index is 12.1. The molecule has 3 unspecified atom stereocenters. The standard InChI is InChI=1S/C15H26N2O4/c1-9(2)13(12(5)21-11(4)8-20-6)17-7-10(3)14(18)16-15(17)19/h7,9,11-13H,8H2,1-6H3,(H,16,18,19). The van der Waals surface area contributed by atoms with Crippen molar-refractivity contribution < 1.29 is 9.47 Å². The number of aromatic amines is 1. The Labute approximate surface area is 125 Å². The second kappa shape index (κ2) is 7.56. The van der Waals surface area contributed by atoms with Gasteiger partial charge in [-0.3, -0.25) is 14.3 Å². The summed E-state index contributed by atoms with van der Waals surface area (Å²) in [4.78, 5) is 25.9. The number of aryl methyl sites for hydroxylation is 1. The summed E-state index contributed by atoms with van der Waals surface area (Å²) in [5.74, 6) is 0.178. The number of H-pyrrole nitrogens is 1. The molecule has 1 rings (SSSR count). The molecule has 6 nitrogen and oxygen atoms in total. The van der Waals surface area contributed by atoms with Crippen molar-refractivity contribution in [3.63, 3.8) is 0 Å². The van der Waals surface area contributed by atoms with Crippen LogP contribution in [0, 0.1) is 12.8 Å². The molecule has 0 aromatic carbocycles. The van der Waals surface area contributed by atoms with Gasteiger partial charge in [0.25, 0.3) is 5.56 Å². The molecule has 0 aliphatic carbocycles. The van der Waals surface area contributed by atoms with Gasteiger partial charge in [-0.15, -0.1) is 0 Å². The van der Waals surface area contributed by atoms with Gasteiger partial charge in [0.05, 0.1) is 24.9 Å². The lowest BCUT2D eigenvalue weighted by Crippen LogP contribution is -2.41. The van der Waals surface area contributed by atoms with Crippen LogP contribution >= 0.6 is 0 Å². The molecule has 6 heteroatoms. The molecule has 0 spiro atoms. The molecule has 0 aliphatic heterocycles. The van der Waals surface area contributed by atoms with E-state index in [1.807, 2.05) is 27.7 Å². The number of hydrogen-bond donors (Lipinski definition) is 1. The Bertz CT molecular complexity index is 562. The van der Waals surface area contributed by atoms with E-state index in [9.17, 15) is 9.59 Å². The number of hydrogen-bond acceptors (Lipinski definition) is 4. The molecular weight excluding hydrogens is 272 g/mol. The average molecular weight is 298 g/mol. The lowest BCUT2D eigenvalue weighted by atomic mass is 9.99. The predicted octanol–water partition coefficient (Wildman–Crippen LogP) is 1.48.